The molecule has 1 aromatic rings. The minimum Gasteiger partial charge on any atom is -0.481 e. The molecule has 0 amide bonds. The van der Waals surface area contributed by atoms with E-state index in [2.05, 4.69) is 0 Å². The van der Waals surface area contributed by atoms with Crippen LogP contribution in [-0.2, 0) is 11.2 Å². The average Bonchev–Trinajstić information content (AvgIpc) is 1.98. The maximum absolute atomic E-state index is 10.4. The first-order valence-electron chi connectivity index (χ1n) is 3.46. The Morgan fingerprint density at radius 1 is 1.46 bits per heavy atom. The summed E-state index contributed by atoms with van der Waals surface area (Å²) in [5.41, 5.74) is 6.25. The van der Waals surface area contributed by atoms with E-state index in [1.165, 1.54) is 12.1 Å². The molecule has 0 aliphatic heterocycles. The van der Waals surface area contributed by atoms with Crippen LogP contribution in [0.5, 0.6) is 0 Å². The molecule has 0 radical (unpaired) electrons. The van der Waals surface area contributed by atoms with Gasteiger partial charge in [0.15, 0.2) is 0 Å². The highest BCUT2D eigenvalue weighted by molar-refractivity contribution is 6.36. The Morgan fingerprint density at radius 3 is 2.62 bits per heavy atom. The van der Waals surface area contributed by atoms with Gasteiger partial charge in [-0.05, 0) is 17.7 Å². The van der Waals surface area contributed by atoms with Crippen molar-refractivity contribution < 1.29 is 9.90 Å². The van der Waals surface area contributed by atoms with Gasteiger partial charge in [0.25, 0.3) is 0 Å². The molecule has 1 rings (SSSR count). The molecular weight excluding hydrogens is 213 g/mol. The number of benzene rings is 1. The molecule has 0 aromatic heterocycles. The highest BCUT2D eigenvalue weighted by Gasteiger charge is 2.08. The standard InChI is InChI=1S/C8H7Cl2NO2/c9-5-1-4(2-7(12)13)8(11)6(10)3-5/h1,3H,2,11H2,(H,12,13). The molecule has 70 valence electrons. The van der Waals surface area contributed by atoms with Crippen molar-refractivity contribution in [1.82, 2.24) is 0 Å². The van der Waals surface area contributed by atoms with E-state index in [0.717, 1.165) is 0 Å². The zero-order valence-corrected chi connectivity index (χ0v) is 8.06. The maximum Gasteiger partial charge on any atom is 0.307 e. The van der Waals surface area contributed by atoms with E-state index in [1.54, 1.807) is 0 Å². The van der Waals surface area contributed by atoms with Crippen LogP contribution in [0.15, 0.2) is 12.1 Å². The first kappa shape index (κ1) is 10.2. The molecule has 0 unspecified atom stereocenters. The summed E-state index contributed by atoms with van der Waals surface area (Å²) in [4.78, 5) is 10.4. The molecule has 0 saturated carbocycles. The summed E-state index contributed by atoms with van der Waals surface area (Å²) in [5.74, 6) is -0.968. The van der Waals surface area contributed by atoms with Gasteiger partial charge < -0.3 is 10.8 Å². The summed E-state index contributed by atoms with van der Waals surface area (Å²) in [5, 5.41) is 9.20. The molecule has 0 saturated heterocycles. The Kier molecular flexibility index (Phi) is 3.01. The molecule has 0 aliphatic rings. The van der Waals surface area contributed by atoms with Gasteiger partial charge in [-0.2, -0.15) is 0 Å². The van der Waals surface area contributed by atoms with Crippen LogP contribution in [0.25, 0.3) is 0 Å². The quantitative estimate of drug-likeness (QED) is 0.751. The van der Waals surface area contributed by atoms with Crippen molar-refractivity contribution in [1.29, 1.82) is 0 Å². The minimum atomic E-state index is -0.968. The van der Waals surface area contributed by atoms with Crippen LogP contribution in [0.2, 0.25) is 10.0 Å². The van der Waals surface area contributed by atoms with Crippen LogP contribution in [0.1, 0.15) is 5.56 Å². The fourth-order valence-corrected chi connectivity index (χ4v) is 1.48. The summed E-state index contributed by atoms with van der Waals surface area (Å²) in [6, 6.07) is 2.97. The molecule has 0 heterocycles. The molecular formula is C8H7Cl2NO2. The van der Waals surface area contributed by atoms with Gasteiger partial charge in [0.05, 0.1) is 17.1 Å². The summed E-state index contributed by atoms with van der Waals surface area (Å²) < 4.78 is 0. The zero-order chi connectivity index (χ0) is 10.0. The van der Waals surface area contributed by atoms with E-state index in [4.69, 9.17) is 34.0 Å². The molecule has 3 nitrogen and oxygen atoms in total. The van der Waals surface area contributed by atoms with Gasteiger partial charge in [0.2, 0.25) is 0 Å². The highest BCUT2D eigenvalue weighted by Crippen LogP contribution is 2.27. The molecule has 0 atom stereocenters. The van der Waals surface area contributed by atoms with E-state index >= 15 is 0 Å². The Balaban J connectivity index is 3.12. The summed E-state index contributed by atoms with van der Waals surface area (Å²) in [6.07, 6.45) is -0.174. The number of aliphatic carboxylic acids is 1. The van der Waals surface area contributed by atoms with Crippen LogP contribution < -0.4 is 5.73 Å². The number of hydrogen-bond donors (Lipinski definition) is 2. The van der Waals surface area contributed by atoms with Crippen molar-refractivity contribution in [2.45, 2.75) is 6.42 Å². The second-order valence-electron chi connectivity index (χ2n) is 2.53. The summed E-state index contributed by atoms with van der Waals surface area (Å²) in [7, 11) is 0. The number of nitrogens with two attached hydrogens (primary N) is 1. The van der Waals surface area contributed by atoms with Crippen molar-refractivity contribution in [3.05, 3.63) is 27.7 Å². The van der Waals surface area contributed by atoms with Gasteiger partial charge in [-0.15, -0.1) is 0 Å². The molecule has 0 aliphatic carbocycles. The van der Waals surface area contributed by atoms with E-state index in [0.29, 0.717) is 10.6 Å². The van der Waals surface area contributed by atoms with Crippen molar-refractivity contribution in [2.75, 3.05) is 5.73 Å². The highest BCUT2D eigenvalue weighted by atomic mass is 35.5. The molecule has 0 fully saturated rings. The third-order valence-electron chi connectivity index (χ3n) is 1.52. The molecule has 0 bridgehead atoms. The first-order chi connectivity index (χ1) is 6.00. The lowest BCUT2D eigenvalue weighted by Crippen LogP contribution is -2.03. The largest absolute Gasteiger partial charge is 0.481 e. The number of nitrogen functional groups attached to an aromatic ring is 1. The Bertz CT molecular complexity index is 352. The lowest BCUT2D eigenvalue weighted by molar-refractivity contribution is -0.136. The van der Waals surface area contributed by atoms with E-state index in [-0.39, 0.29) is 17.1 Å². The third-order valence-corrected chi connectivity index (χ3v) is 2.05. The topological polar surface area (TPSA) is 63.3 Å². The smallest absolute Gasteiger partial charge is 0.307 e. The molecule has 13 heavy (non-hydrogen) atoms. The van der Waals surface area contributed by atoms with Crippen LogP contribution in [-0.4, -0.2) is 11.1 Å². The Hall–Kier alpha value is -0.930. The number of hydrogen-bond acceptors (Lipinski definition) is 2. The van der Waals surface area contributed by atoms with Gasteiger partial charge in [0.1, 0.15) is 0 Å². The number of rotatable bonds is 2. The van der Waals surface area contributed by atoms with Crippen molar-refractivity contribution in [2.24, 2.45) is 0 Å². The first-order valence-corrected chi connectivity index (χ1v) is 4.21. The number of anilines is 1. The minimum absolute atomic E-state index is 0.174. The fraction of sp³-hybridized carbons (Fsp3) is 0.125. The van der Waals surface area contributed by atoms with E-state index in [9.17, 15) is 4.79 Å². The zero-order valence-electron chi connectivity index (χ0n) is 6.55. The molecule has 1 aromatic carbocycles. The second-order valence-corrected chi connectivity index (χ2v) is 3.37. The van der Waals surface area contributed by atoms with Gasteiger partial charge >= 0.3 is 5.97 Å². The van der Waals surface area contributed by atoms with Crippen molar-refractivity contribution >= 4 is 34.9 Å². The average molecular weight is 220 g/mol. The molecule has 3 N–H and O–H groups in total. The van der Waals surface area contributed by atoms with Crippen LogP contribution >= 0.6 is 23.2 Å². The van der Waals surface area contributed by atoms with E-state index < -0.39 is 5.97 Å². The van der Waals surface area contributed by atoms with Gasteiger partial charge in [-0.3, -0.25) is 4.79 Å². The number of carboxylic acid groups (broad SMARTS) is 1. The van der Waals surface area contributed by atoms with Crippen LogP contribution in [0.3, 0.4) is 0 Å². The number of halogens is 2. The summed E-state index contributed by atoms with van der Waals surface area (Å²) >= 11 is 11.4. The predicted molar refractivity (Wildman–Crippen MR) is 52.2 cm³/mol. The number of carbonyl (C=O) groups is 1. The predicted octanol–water partition coefficient (Wildman–Crippen LogP) is 2.20. The lowest BCUT2D eigenvalue weighted by Gasteiger charge is -2.05. The van der Waals surface area contributed by atoms with Crippen LogP contribution in [0, 0.1) is 0 Å². The number of carboxylic acids is 1. The third kappa shape index (κ3) is 2.50. The lowest BCUT2D eigenvalue weighted by atomic mass is 10.1. The Morgan fingerprint density at radius 2 is 2.08 bits per heavy atom. The summed E-state index contributed by atoms with van der Waals surface area (Å²) in [6.45, 7) is 0. The van der Waals surface area contributed by atoms with Gasteiger partial charge in [-0.1, -0.05) is 23.2 Å². The maximum atomic E-state index is 10.4. The van der Waals surface area contributed by atoms with Crippen molar-refractivity contribution in [3.8, 4) is 0 Å². The van der Waals surface area contributed by atoms with Crippen molar-refractivity contribution in [3.63, 3.8) is 0 Å². The molecule has 0 spiro atoms. The normalized spacial score (nSPS) is 10.0. The molecule has 5 heteroatoms. The Labute approximate surface area is 85.1 Å². The monoisotopic (exact) mass is 219 g/mol. The second kappa shape index (κ2) is 3.85. The van der Waals surface area contributed by atoms with Gasteiger partial charge in [-0.25, -0.2) is 0 Å². The SMILES string of the molecule is Nc1c(Cl)cc(Cl)cc1CC(=O)O. The van der Waals surface area contributed by atoms with E-state index in [1.807, 2.05) is 0 Å². The fourth-order valence-electron chi connectivity index (χ4n) is 0.947. The van der Waals surface area contributed by atoms with Gasteiger partial charge in [0, 0.05) is 5.02 Å². The van der Waals surface area contributed by atoms with Crippen LogP contribution in [0.4, 0.5) is 5.69 Å².